The van der Waals surface area contributed by atoms with Gasteiger partial charge in [-0.25, -0.2) is 13.1 Å². The number of carbonyl (C=O) groups excluding carboxylic acids is 1. The largest absolute Gasteiger partial charge is 0.353 e. The van der Waals surface area contributed by atoms with E-state index in [4.69, 9.17) is 0 Å². The molecule has 2 aliphatic carbocycles. The molecule has 2 atom stereocenters. The van der Waals surface area contributed by atoms with Crippen molar-refractivity contribution in [1.82, 2.24) is 15.4 Å². The van der Waals surface area contributed by atoms with Crippen LogP contribution in [-0.2, 0) is 14.8 Å². The van der Waals surface area contributed by atoms with Gasteiger partial charge in [0.2, 0.25) is 15.9 Å². The smallest absolute Gasteiger partial charge is 0.223 e. The van der Waals surface area contributed by atoms with Crippen LogP contribution in [0.25, 0.3) is 0 Å². The van der Waals surface area contributed by atoms with Crippen LogP contribution >= 0.6 is 0 Å². The van der Waals surface area contributed by atoms with E-state index >= 15 is 0 Å². The Balaban J connectivity index is 1.53. The first kappa shape index (κ1) is 19.1. The highest BCUT2D eigenvalue weighted by Crippen LogP contribution is 2.30. The van der Waals surface area contributed by atoms with E-state index in [2.05, 4.69) is 15.4 Å². The fourth-order valence-electron chi connectivity index (χ4n) is 4.50. The first-order valence-electron chi connectivity index (χ1n) is 10.1. The molecule has 2 saturated carbocycles. The third-order valence-electron chi connectivity index (χ3n) is 6.06. The van der Waals surface area contributed by atoms with E-state index in [1.54, 1.807) is 0 Å². The lowest BCUT2D eigenvalue weighted by Gasteiger charge is -2.32. The maximum absolute atomic E-state index is 12.8. The zero-order valence-corrected chi connectivity index (χ0v) is 16.0. The molecule has 3 fully saturated rings. The third-order valence-corrected chi connectivity index (χ3v) is 8.03. The van der Waals surface area contributed by atoms with Crippen molar-refractivity contribution in [2.45, 2.75) is 88.0 Å². The van der Waals surface area contributed by atoms with E-state index in [-0.39, 0.29) is 23.9 Å². The van der Waals surface area contributed by atoms with Crippen molar-refractivity contribution in [2.75, 3.05) is 13.1 Å². The van der Waals surface area contributed by atoms with E-state index in [1.807, 2.05) is 0 Å². The van der Waals surface area contributed by atoms with Crippen LogP contribution in [-0.4, -0.2) is 44.7 Å². The Morgan fingerprint density at radius 1 is 0.840 bits per heavy atom. The van der Waals surface area contributed by atoms with Gasteiger partial charge in [0.15, 0.2) is 0 Å². The Morgan fingerprint density at radius 2 is 1.56 bits per heavy atom. The standard InChI is InChI=1S/C18H33N3O3S/c22-18(20-15-9-11-19-12-10-15)14-5-4-8-17(13-14)25(23,24)21-16-6-2-1-3-7-16/h14-17,19,21H,1-13H2,(H,20,22). The quantitative estimate of drug-likeness (QED) is 0.686. The summed E-state index contributed by atoms with van der Waals surface area (Å²) in [6.07, 6.45) is 10.0. The number of carbonyl (C=O) groups is 1. The molecule has 1 amide bonds. The SMILES string of the molecule is O=C(NC1CCNCC1)C1CCCC(S(=O)(=O)NC2CCCCC2)C1. The number of rotatable bonds is 5. The van der Waals surface area contributed by atoms with Crippen LogP contribution in [0.2, 0.25) is 0 Å². The molecule has 0 aromatic rings. The van der Waals surface area contributed by atoms with Crippen LogP contribution in [0.5, 0.6) is 0 Å². The van der Waals surface area contributed by atoms with Gasteiger partial charge in [-0.05, 0) is 58.0 Å². The van der Waals surface area contributed by atoms with Gasteiger partial charge in [-0.2, -0.15) is 0 Å². The van der Waals surface area contributed by atoms with Crippen molar-refractivity contribution in [1.29, 1.82) is 0 Å². The molecular formula is C18H33N3O3S. The summed E-state index contributed by atoms with van der Waals surface area (Å²) in [7, 11) is -3.32. The average Bonchev–Trinajstić information content (AvgIpc) is 2.63. The molecule has 25 heavy (non-hydrogen) atoms. The molecule has 3 aliphatic rings. The highest BCUT2D eigenvalue weighted by molar-refractivity contribution is 7.90. The molecule has 7 heteroatoms. The Kier molecular flexibility index (Phi) is 6.74. The lowest BCUT2D eigenvalue weighted by Crippen LogP contribution is -2.48. The number of piperidine rings is 1. The second-order valence-corrected chi connectivity index (χ2v) is 10.0. The van der Waals surface area contributed by atoms with Gasteiger partial charge in [-0.1, -0.05) is 25.7 Å². The summed E-state index contributed by atoms with van der Waals surface area (Å²) in [6.45, 7) is 1.88. The van der Waals surface area contributed by atoms with Crippen molar-refractivity contribution in [2.24, 2.45) is 5.92 Å². The summed E-state index contributed by atoms with van der Waals surface area (Å²) in [5, 5.41) is 6.03. The summed E-state index contributed by atoms with van der Waals surface area (Å²) in [4.78, 5) is 12.6. The summed E-state index contributed by atoms with van der Waals surface area (Å²) in [5.41, 5.74) is 0. The van der Waals surface area contributed by atoms with E-state index in [0.717, 1.165) is 64.5 Å². The van der Waals surface area contributed by atoms with Crippen molar-refractivity contribution in [3.8, 4) is 0 Å². The molecule has 1 heterocycles. The zero-order valence-electron chi connectivity index (χ0n) is 15.1. The molecule has 144 valence electrons. The summed E-state index contributed by atoms with van der Waals surface area (Å²) < 4.78 is 28.5. The van der Waals surface area contributed by atoms with Gasteiger partial charge in [-0.3, -0.25) is 4.79 Å². The lowest BCUT2D eigenvalue weighted by atomic mass is 9.88. The summed E-state index contributed by atoms with van der Waals surface area (Å²) >= 11 is 0. The second-order valence-electron chi connectivity index (χ2n) is 8.02. The maximum Gasteiger partial charge on any atom is 0.223 e. The van der Waals surface area contributed by atoms with Crippen LogP contribution in [0.15, 0.2) is 0 Å². The molecule has 0 spiro atoms. The van der Waals surface area contributed by atoms with Crippen molar-refractivity contribution in [3.63, 3.8) is 0 Å². The number of nitrogens with one attached hydrogen (secondary N) is 3. The zero-order chi connectivity index (χ0) is 17.7. The predicted octanol–water partition coefficient (Wildman–Crippen LogP) is 1.67. The predicted molar refractivity (Wildman–Crippen MR) is 98.7 cm³/mol. The van der Waals surface area contributed by atoms with Gasteiger partial charge in [-0.15, -0.1) is 0 Å². The Labute approximate surface area is 151 Å². The molecule has 0 bridgehead atoms. The van der Waals surface area contributed by atoms with Gasteiger partial charge in [0.1, 0.15) is 0 Å². The van der Waals surface area contributed by atoms with Gasteiger partial charge in [0.05, 0.1) is 5.25 Å². The molecule has 3 N–H and O–H groups in total. The second kappa shape index (κ2) is 8.82. The van der Waals surface area contributed by atoms with E-state index in [0.29, 0.717) is 12.8 Å². The number of hydrogen-bond acceptors (Lipinski definition) is 4. The van der Waals surface area contributed by atoms with Crippen LogP contribution in [0.4, 0.5) is 0 Å². The summed E-state index contributed by atoms with van der Waals surface area (Å²) in [5.74, 6) is -0.0963. The molecule has 3 rings (SSSR count). The van der Waals surface area contributed by atoms with Gasteiger partial charge >= 0.3 is 0 Å². The fourth-order valence-corrected chi connectivity index (χ4v) is 6.35. The van der Waals surface area contributed by atoms with Gasteiger partial charge in [0, 0.05) is 18.0 Å². The Morgan fingerprint density at radius 3 is 2.28 bits per heavy atom. The Hall–Kier alpha value is -0.660. The Bertz CT molecular complexity index is 540. The molecule has 2 unspecified atom stereocenters. The summed E-state index contributed by atoms with van der Waals surface area (Å²) in [6, 6.07) is 0.341. The molecular weight excluding hydrogens is 338 g/mol. The van der Waals surface area contributed by atoms with Gasteiger partial charge in [0.25, 0.3) is 0 Å². The van der Waals surface area contributed by atoms with Crippen molar-refractivity contribution >= 4 is 15.9 Å². The highest BCUT2D eigenvalue weighted by atomic mass is 32.2. The molecule has 1 aliphatic heterocycles. The van der Waals surface area contributed by atoms with Crippen LogP contribution in [0.3, 0.4) is 0 Å². The normalized spacial score (nSPS) is 30.1. The highest BCUT2D eigenvalue weighted by Gasteiger charge is 2.36. The van der Waals surface area contributed by atoms with Crippen LogP contribution in [0, 0.1) is 5.92 Å². The van der Waals surface area contributed by atoms with Crippen LogP contribution < -0.4 is 15.4 Å². The van der Waals surface area contributed by atoms with Crippen LogP contribution in [0.1, 0.15) is 70.6 Å². The number of hydrogen-bond donors (Lipinski definition) is 3. The minimum atomic E-state index is -3.32. The molecule has 6 nitrogen and oxygen atoms in total. The topological polar surface area (TPSA) is 87.3 Å². The third kappa shape index (κ3) is 5.41. The lowest BCUT2D eigenvalue weighted by molar-refractivity contribution is -0.126. The van der Waals surface area contributed by atoms with Crippen molar-refractivity contribution < 1.29 is 13.2 Å². The maximum atomic E-state index is 12.8. The van der Waals surface area contributed by atoms with Crippen molar-refractivity contribution in [3.05, 3.63) is 0 Å². The van der Waals surface area contributed by atoms with E-state index < -0.39 is 15.3 Å². The molecule has 0 aromatic carbocycles. The number of amides is 1. The first-order valence-corrected chi connectivity index (χ1v) is 11.6. The van der Waals surface area contributed by atoms with E-state index in [1.165, 1.54) is 6.42 Å². The monoisotopic (exact) mass is 371 g/mol. The average molecular weight is 372 g/mol. The fraction of sp³-hybridized carbons (Fsp3) is 0.944. The first-order chi connectivity index (χ1) is 12.0. The van der Waals surface area contributed by atoms with Gasteiger partial charge < -0.3 is 10.6 Å². The number of sulfonamides is 1. The van der Waals surface area contributed by atoms with E-state index in [9.17, 15) is 13.2 Å². The minimum Gasteiger partial charge on any atom is -0.353 e. The minimum absolute atomic E-state index is 0.0597. The molecule has 0 aromatic heterocycles. The molecule has 0 radical (unpaired) electrons. The molecule has 1 saturated heterocycles.